The second-order valence-electron chi connectivity index (χ2n) is 3.52. The summed E-state index contributed by atoms with van der Waals surface area (Å²) in [6.45, 7) is 4.54. The molecule has 1 heterocycles. The minimum Gasteiger partial charge on any atom is -0.449 e. The highest BCUT2D eigenvalue weighted by Crippen LogP contribution is 2.07. The average molecular weight is 185 g/mol. The first-order valence-electron chi connectivity index (χ1n) is 5.26. The zero-order valence-corrected chi connectivity index (χ0v) is 8.42. The van der Waals surface area contributed by atoms with Crippen molar-refractivity contribution in [3.63, 3.8) is 0 Å². The molecule has 3 nitrogen and oxygen atoms in total. The van der Waals surface area contributed by atoms with Gasteiger partial charge in [0.25, 0.3) is 0 Å². The van der Waals surface area contributed by atoms with E-state index in [1.807, 2.05) is 4.90 Å². The predicted octanol–water partition coefficient (Wildman–Crippen LogP) is 2.41. The van der Waals surface area contributed by atoms with Gasteiger partial charge in [-0.25, -0.2) is 4.79 Å². The lowest BCUT2D eigenvalue weighted by molar-refractivity contribution is 0.0723. The van der Waals surface area contributed by atoms with Crippen molar-refractivity contribution < 1.29 is 9.53 Å². The number of hydrogen-bond acceptors (Lipinski definition) is 2. The largest absolute Gasteiger partial charge is 0.449 e. The second-order valence-corrected chi connectivity index (χ2v) is 3.52. The van der Waals surface area contributed by atoms with E-state index < -0.39 is 0 Å². The van der Waals surface area contributed by atoms with Crippen LogP contribution < -0.4 is 0 Å². The second kappa shape index (κ2) is 5.84. The van der Waals surface area contributed by atoms with Crippen LogP contribution in [0.15, 0.2) is 0 Å². The van der Waals surface area contributed by atoms with Crippen LogP contribution in [0, 0.1) is 0 Å². The number of rotatable bonds is 5. The van der Waals surface area contributed by atoms with Crippen LogP contribution in [0.1, 0.15) is 39.0 Å². The van der Waals surface area contributed by atoms with Crippen LogP contribution in [0.4, 0.5) is 4.79 Å². The number of nitrogens with zero attached hydrogens (tertiary/aromatic N) is 1. The van der Waals surface area contributed by atoms with E-state index in [0.717, 1.165) is 25.9 Å². The van der Waals surface area contributed by atoms with Crippen molar-refractivity contribution in [3.05, 3.63) is 0 Å². The fourth-order valence-corrected chi connectivity index (χ4v) is 1.53. The monoisotopic (exact) mass is 185 g/mol. The Morgan fingerprint density at radius 1 is 1.38 bits per heavy atom. The third-order valence-corrected chi connectivity index (χ3v) is 2.34. The molecule has 0 saturated carbocycles. The van der Waals surface area contributed by atoms with E-state index >= 15 is 0 Å². The van der Waals surface area contributed by atoms with Crippen molar-refractivity contribution in [1.29, 1.82) is 0 Å². The van der Waals surface area contributed by atoms with E-state index in [1.54, 1.807) is 0 Å². The normalized spacial score (nSPS) is 17.3. The van der Waals surface area contributed by atoms with Gasteiger partial charge in [0.05, 0.1) is 6.61 Å². The first-order valence-corrected chi connectivity index (χ1v) is 5.26. The lowest BCUT2D eigenvalue weighted by Gasteiger charge is -2.26. The number of amides is 1. The molecule has 0 unspecified atom stereocenters. The van der Waals surface area contributed by atoms with Crippen LogP contribution in [0.3, 0.4) is 0 Å². The molecule has 1 aliphatic rings. The number of cyclic esters (lactones) is 1. The lowest BCUT2D eigenvalue weighted by Crippen LogP contribution is -2.38. The number of carbonyl (C=O) groups excluding carboxylic acids is 1. The van der Waals surface area contributed by atoms with Gasteiger partial charge >= 0.3 is 6.09 Å². The Morgan fingerprint density at radius 2 is 2.23 bits per heavy atom. The molecule has 0 N–H and O–H groups in total. The molecule has 0 aliphatic carbocycles. The molecule has 3 heteroatoms. The maximum absolute atomic E-state index is 11.2. The van der Waals surface area contributed by atoms with Crippen molar-refractivity contribution in [3.8, 4) is 0 Å². The highest BCUT2D eigenvalue weighted by Gasteiger charge is 2.18. The lowest BCUT2D eigenvalue weighted by atomic mass is 10.2. The predicted molar refractivity (Wildman–Crippen MR) is 51.7 cm³/mol. The van der Waals surface area contributed by atoms with E-state index in [-0.39, 0.29) is 6.09 Å². The molecule has 1 rings (SSSR count). The molecule has 0 aromatic heterocycles. The molecule has 0 radical (unpaired) electrons. The minimum absolute atomic E-state index is 0.122. The molecule has 0 aromatic carbocycles. The summed E-state index contributed by atoms with van der Waals surface area (Å²) >= 11 is 0. The van der Waals surface area contributed by atoms with Crippen LogP contribution in [0.25, 0.3) is 0 Å². The van der Waals surface area contributed by atoms with Crippen molar-refractivity contribution in [2.75, 3.05) is 19.7 Å². The van der Waals surface area contributed by atoms with Crippen LogP contribution in [0.5, 0.6) is 0 Å². The maximum atomic E-state index is 11.2. The fraction of sp³-hybridized carbons (Fsp3) is 0.900. The number of carbonyl (C=O) groups is 1. The molecule has 0 spiro atoms. The molecule has 1 fully saturated rings. The van der Waals surface area contributed by atoms with Crippen molar-refractivity contribution in [2.24, 2.45) is 0 Å². The third kappa shape index (κ3) is 3.66. The van der Waals surface area contributed by atoms with Crippen LogP contribution >= 0.6 is 0 Å². The van der Waals surface area contributed by atoms with E-state index in [1.165, 1.54) is 19.3 Å². The average Bonchev–Trinajstić information content (AvgIpc) is 2.15. The van der Waals surface area contributed by atoms with Crippen molar-refractivity contribution in [2.45, 2.75) is 39.0 Å². The summed E-state index contributed by atoms with van der Waals surface area (Å²) in [6.07, 6.45) is 5.71. The maximum Gasteiger partial charge on any atom is 0.409 e. The first kappa shape index (κ1) is 10.4. The summed E-state index contributed by atoms with van der Waals surface area (Å²) < 4.78 is 4.93. The Hall–Kier alpha value is -0.730. The van der Waals surface area contributed by atoms with Gasteiger partial charge in [-0.2, -0.15) is 0 Å². The molecular weight excluding hydrogens is 166 g/mol. The summed E-state index contributed by atoms with van der Waals surface area (Å²) in [6, 6.07) is 0. The van der Waals surface area contributed by atoms with Crippen LogP contribution in [-0.4, -0.2) is 30.7 Å². The van der Waals surface area contributed by atoms with Gasteiger partial charge in [-0.3, -0.25) is 0 Å². The van der Waals surface area contributed by atoms with Crippen LogP contribution in [0.2, 0.25) is 0 Å². The minimum atomic E-state index is -0.122. The summed E-state index contributed by atoms with van der Waals surface area (Å²) in [5, 5.41) is 0. The van der Waals surface area contributed by atoms with E-state index in [4.69, 9.17) is 4.74 Å². The summed E-state index contributed by atoms with van der Waals surface area (Å²) in [4.78, 5) is 13.0. The Balaban J connectivity index is 2.08. The Labute approximate surface area is 80.1 Å². The smallest absolute Gasteiger partial charge is 0.409 e. The number of unbranched alkanes of at least 4 members (excludes halogenated alkanes) is 3. The molecule has 1 aliphatic heterocycles. The Bertz CT molecular complexity index is 159. The van der Waals surface area contributed by atoms with Gasteiger partial charge < -0.3 is 9.64 Å². The first-order chi connectivity index (χ1) is 6.34. The third-order valence-electron chi connectivity index (χ3n) is 2.34. The van der Waals surface area contributed by atoms with Crippen molar-refractivity contribution in [1.82, 2.24) is 4.90 Å². The van der Waals surface area contributed by atoms with Crippen molar-refractivity contribution >= 4 is 6.09 Å². The van der Waals surface area contributed by atoms with E-state index in [0.29, 0.717) is 6.61 Å². The highest BCUT2D eigenvalue weighted by atomic mass is 16.6. The SMILES string of the molecule is CCCCCCN1CCCOC1=O. The summed E-state index contributed by atoms with van der Waals surface area (Å²) in [5.41, 5.74) is 0. The molecule has 1 amide bonds. The molecule has 13 heavy (non-hydrogen) atoms. The van der Waals surface area contributed by atoms with E-state index in [9.17, 15) is 4.79 Å². The van der Waals surface area contributed by atoms with E-state index in [2.05, 4.69) is 6.92 Å². The molecular formula is C10H19NO2. The Morgan fingerprint density at radius 3 is 2.92 bits per heavy atom. The molecule has 0 bridgehead atoms. The zero-order valence-electron chi connectivity index (χ0n) is 8.42. The standard InChI is InChI=1S/C10H19NO2/c1-2-3-4-5-7-11-8-6-9-13-10(11)12/h2-9H2,1H3. The molecule has 76 valence electrons. The number of hydrogen-bond donors (Lipinski definition) is 0. The van der Waals surface area contributed by atoms with Gasteiger partial charge in [-0.15, -0.1) is 0 Å². The molecule has 0 atom stereocenters. The quantitative estimate of drug-likeness (QED) is 0.615. The highest BCUT2D eigenvalue weighted by molar-refractivity contribution is 5.68. The Kier molecular flexibility index (Phi) is 4.65. The molecule has 1 saturated heterocycles. The van der Waals surface area contributed by atoms with Gasteiger partial charge in [-0.05, 0) is 12.8 Å². The zero-order chi connectivity index (χ0) is 9.52. The van der Waals surface area contributed by atoms with Gasteiger partial charge in [0.1, 0.15) is 0 Å². The van der Waals surface area contributed by atoms with Gasteiger partial charge in [0.15, 0.2) is 0 Å². The molecule has 0 aromatic rings. The topological polar surface area (TPSA) is 29.5 Å². The van der Waals surface area contributed by atoms with Gasteiger partial charge in [-0.1, -0.05) is 26.2 Å². The fourth-order valence-electron chi connectivity index (χ4n) is 1.53. The van der Waals surface area contributed by atoms with Gasteiger partial charge in [0, 0.05) is 13.1 Å². The summed E-state index contributed by atoms with van der Waals surface area (Å²) in [7, 11) is 0. The number of ether oxygens (including phenoxy) is 1. The van der Waals surface area contributed by atoms with Gasteiger partial charge in [0.2, 0.25) is 0 Å². The summed E-state index contributed by atoms with van der Waals surface area (Å²) in [5.74, 6) is 0. The van der Waals surface area contributed by atoms with Crippen LogP contribution in [-0.2, 0) is 4.74 Å².